The maximum absolute atomic E-state index is 13.8. The third-order valence-electron chi connectivity index (χ3n) is 3.93. The average molecular weight is 267 g/mol. The van der Waals surface area contributed by atoms with E-state index in [2.05, 4.69) is 0 Å². The highest BCUT2D eigenvalue weighted by molar-refractivity contribution is 5.83. The van der Waals surface area contributed by atoms with E-state index in [4.69, 9.17) is 0 Å². The van der Waals surface area contributed by atoms with Gasteiger partial charge in [0.2, 0.25) is 5.91 Å². The van der Waals surface area contributed by atoms with E-state index in [1.807, 2.05) is 6.92 Å². The Morgan fingerprint density at radius 3 is 2.42 bits per heavy atom. The van der Waals surface area contributed by atoms with Crippen LogP contribution in [0.2, 0.25) is 0 Å². The first-order valence-electron chi connectivity index (χ1n) is 6.53. The topological polar surface area (TPSA) is 20.3 Å². The van der Waals surface area contributed by atoms with Gasteiger partial charge in [-0.25, -0.2) is 8.78 Å². The number of hydrogen-bond donors (Lipinski definition) is 0. The van der Waals surface area contributed by atoms with Crippen molar-refractivity contribution in [3.8, 4) is 0 Å². The zero-order chi connectivity index (χ0) is 14.3. The Bertz CT molecular complexity index is 470. The van der Waals surface area contributed by atoms with Crippen LogP contribution >= 0.6 is 0 Å². The summed E-state index contributed by atoms with van der Waals surface area (Å²) in [7, 11) is 0. The van der Waals surface area contributed by atoms with Crippen LogP contribution in [0.3, 0.4) is 0 Å². The number of hydrogen-bond acceptors (Lipinski definition) is 1. The smallest absolute Gasteiger partial charge is 0.289 e. The molecular formula is C15H19F2NO. The molecule has 0 bridgehead atoms. The van der Waals surface area contributed by atoms with Crippen molar-refractivity contribution < 1.29 is 13.6 Å². The van der Waals surface area contributed by atoms with Crippen molar-refractivity contribution in [2.24, 2.45) is 5.41 Å². The van der Waals surface area contributed by atoms with E-state index < -0.39 is 23.9 Å². The maximum Gasteiger partial charge on any atom is 0.289 e. The van der Waals surface area contributed by atoms with Gasteiger partial charge >= 0.3 is 0 Å². The van der Waals surface area contributed by atoms with Crippen LogP contribution in [0, 0.1) is 5.41 Å². The number of nitrogens with zero attached hydrogens (tertiary/aromatic N) is 1. The molecule has 1 unspecified atom stereocenters. The Morgan fingerprint density at radius 2 is 1.95 bits per heavy atom. The zero-order valence-corrected chi connectivity index (χ0v) is 11.5. The molecule has 0 saturated carbocycles. The molecule has 2 nitrogen and oxygen atoms in total. The maximum atomic E-state index is 13.8. The molecule has 1 amide bonds. The third kappa shape index (κ3) is 2.36. The van der Waals surface area contributed by atoms with Gasteiger partial charge in [-0.2, -0.15) is 0 Å². The van der Waals surface area contributed by atoms with Crippen LogP contribution in [0.5, 0.6) is 0 Å². The predicted molar refractivity (Wildman–Crippen MR) is 69.9 cm³/mol. The molecule has 1 aromatic carbocycles. The van der Waals surface area contributed by atoms with E-state index in [-0.39, 0.29) is 5.91 Å². The zero-order valence-electron chi connectivity index (χ0n) is 11.5. The standard InChI is InChI=1S/C15H19F2NO/c1-4-14(2,3)13(19)18-10-15(16,17)12(18)11-8-6-5-7-9-11/h5-9,12H,4,10H2,1-3H3. The number of carbonyl (C=O) groups excluding carboxylic acids is 1. The summed E-state index contributed by atoms with van der Waals surface area (Å²) < 4.78 is 27.6. The summed E-state index contributed by atoms with van der Waals surface area (Å²) in [4.78, 5) is 13.6. The molecule has 1 aliphatic heterocycles. The van der Waals surface area contributed by atoms with E-state index in [0.29, 0.717) is 12.0 Å². The number of rotatable bonds is 3. The van der Waals surface area contributed by atoms with Crippen molar-refractivity contribution in [1.82, 2.24) is 4.90 Å². The van der Waals surface area contributed by atoms with Gasteiger partial charge in [0.05, 0.1) is 6.54 Å². The minimum atomic E-state index is -2.83. The second kappa shape index (κ2) is 4.58. The van der Waals surface area contributed by atoms with Gasteiger partial charge in [0.15, 0.2) is 0 Å². The number of alkyl halides is 2. The first-order chi connectivity index (χ1) is 8.79. The van der Waals surface area contributed by atoms with E-state index in [1.165, 1.54) is 4.90 Å². The van der Waals surface area contributed by atoms with Crippen LogP contribution in [-0.2, 0) is 4.79 Å². The van der Waals surface area contributed by atoms with Gasteiger partial charge in [0.25, 0.3) is 5.92 Å². The van der Waals surface area contributed by atoms with Gasteiger partial charge in [-0.15, -0.1) is 0 Å². The summed E-state index contributed by atoms with van der Waals surface area (Å²) in [5.41, 5.74) is -0.0946. The van der Waals surface area contributed by atoms with Gasteiger partial charge in [0, 0.05) is 5.41 Å². The number of halogens is 2. The Labute approximate surface area is 112 Å². The molecule has 0 N–H and O–H groups in total. The average Bonchev–Trinajstić information content (AvgIpc) is 2.36. The molecule has 104 valence electrons. The lowest BCUT2D eigenvalue weighted by atomic mass is 9.83. The molecule has 2 rings (SSSR count). The summed E-state index contributed by atoms with van der Waals surface area (Å²) in [6.07, 6.45) is 0.634. The van der Waals surface area contributed by atoms with Gasteiger partial charge in [-0.1, -0.05) is 51.1 Å². The van der Waals surface area contributed by atoms with E-state index in [0.717, 1.165) is 0 Å². The van der Waals surface area contributed by atoms with Gasteiger partial charge in [-0.05, 0) is 12.0 Å². The van der Waals surface area contributed by atoms with Crippen molar-refractivity contribution in [2.75, 3.05) is 6.54 Å². The minimum absolute atomic E-state index is 0.199. The van der Waals surface area contributed by atoms with E-state index in [9.17, 15) is 13.6 Å². The molecule has 1 atom stereocenters. The highest BCUT2D eigenvalue weighted by atomic mass is 19.3. The fourth-order valence-corrected chi connectivity index (χ4v) is 2.31. The van der Waals surface area contributed by atoms with Crippen LogP contribution in [0.15, 0.2) is 30.3 Å². The third-order valence-corrected chi connectivity index (χ3v) is 3.93. The van der Waals surface area contributed by atoms with Crippen LogP contribution < -0.4 is 0 Å². The first-order valence-corrected chi connectivity index (χ1v) is 6.53. The molecule has 1 saturated heterocycles. The molecule has 0 spiro atoms. The molecule has 1 fully saturated rings. The Balaban J connectivity index is 2.27. The van der Waals surface area contributed by atoms with Crippen LogP contribution in [0.4, 0.5) is 8.78 Å². The molecule has 0 radical (unpaired) electrons. The Kier molecular flexibility index (Phi) is 3.37. The van der Waals surface area contributed by atoms with Crippen molar-refractivity contribution in [2.45, 2.75) is 39.2 Å². The first kappa shape index (κ1) is 14.0. The van der Waals surface area contributed by atoms with Gasteiger partial charge in [-0.3, -0.25) is 4.79 Å². The van der Waals surface area contributed by atoms with Crippen LogP contribution in [0.25, 0.3) is 0 Å². The lowest BCUT2D eigenvalue weighted by Gasteiger charge is -2.50. The Hall–Kier alpha value is -1.45. The monoisotopic (exact) mass is 267 g/mol. The summed E-state index contributed by atoms with van der Waals surface area (Å²) in [5.74, 6) is -3.03. The molecule has 19 heavy (non-hydrogen) atoms. The summed E-state index contributed by atoms with van der Waals surface area (Å²) in [5, 5.41) is 0. The molecule has 4 heteroatoms. The second-order valence-corrected chi connectivity index (χ2v) is 5.74. The normalized spacial score (nSPS) is 21.9. The highest BCUT2D eigenvalue weighted by Gasteiger charge is 2.58. The van der Waals surface area contributed by atoms with Crippen LogP contribution in [-0.4, -0.2) is 23.3 Å². The van der Waals surface area contributed by atoms with Crippen molar-refractivity contribution in [1.29, 1.82) is 0 Å². The molecule has 1 heterocycles. The Morgan fingerprint density at radius 1 is 1.37 bits per heavy atom. The lowest BCUT2D eigenvalue weighted by Crippen LogP contribution is -2.63. The predicted octanol–water partition coefficient (Wildman–Crippen LogP) is 3.64. The lowest BCUT2D eigenvalue weighted by molar-refractivity contribution is -0.203. The largest absolute Gasteiger partial charge is 0.323 e. The van der Waals surface area contributed by atoms with Gasteiger partial charge < -0.3 is 4.90 Å². The van der Waals surface area contributed by atoms with Crippen molar-refractivity contribution >= 4 is 5.91 Å². The quantitative estimate of drug-likeness (QED) is 0.818. The summed E-state index contributed by atoms with van der Waals surface area (Å²) in [6, 6.07) is 7.40. The molecule has 1 aliphatic rings. The number of likely N-dealkylation sites (tertiary alicyclic amines) is 1. The second-order valence-electron chi connectivity index (χ2n) is 5.74. The molecule has 1 aromatic rings. The summed E-state index contributed by atoms with van der Waals surface area (Å²) in [6.45, 7) is 5.02. The van der Waals surface area contributed by atoms with E-state index >= 15 is 0 Å². The fraction of sp³-hybridized carbons (Fsp3) is 0.533. The number of amides is 1. The molecular weight excluding hydrogens is 248 g/mol. The van der Waals surface area contributed by atoms with Crippen molar-refractivity contribution in [3.63, 3.8) is 0 Å². The van der Waals surface area contributed by atoms with Crippen molar-refractivity contribution in [3.05, 3.63) is 35.9 Å². The van der Waals surface area contributed by atoms with Crippen LogP contribution in [0.1, 0.15) is 38.8 Å². The summed E-state index contributed by atoms with van der Waals surface area (Å²) >= 11 is 0. The van der Waals surface area contributed by atoms with E-state index in [1.54, 1.807) is 44.2 Å². The molecule has 0 aliphatic carbocycles. The number of carbonyl (C=O) groups is 1. The van der Waals surface area contributed by atoms with Gasteiger partial charge in [0.1, 0.15) is 6.04 Å². The fourth-order valence-electron chi connectivity index (χ4n) is 2.31. The SMILES string of the molecule is CCC(C)(C)C(=O)N1CC(F)(F)C1c1ccccc1. The minimum Gasteiger partial charge on any atom is -0.323 e. The molecule has 0 aromatic heterocycles. The number of benzene rings is 1. The highest BCUT2D eigenvalue weighted by Crippen LogP contribution is 2.48.